The molecule has 0 bridgehead atoms. The summed E-state index contributed by atoms with van der Waals surface area (Å²) in [5.41, 5.74) is 5.78. The number of nitrogens with two attached hydrogens (primary N) is 1. The van der Waals surface area contributed by atoms with Gasteiger partial charge in [-0.25, -0.2) is 8.78 Å². The van der Waals surface area contributed by atoms with E-state index in [-0.39, 0.29) is 11.6 Å². The van der Waals surface area contributed by atoms with Crippen molar-refractivity contribution in [1.29, 1.82) is 5.26 Å². The van der Waals surface area contributed by atoms with E-state index in [1.807, 2.05) is 6.92 Å². The number of benzene rings is 1. The zero-order chi connectivity index (χ0) is 14.0. The Morgan fingerprint density at radius 2 is 2.05 bits per heavy atom. The SMILES string of the molecule is C[C@H](N)Cn1ccc(-c2cc(F)c(C#N)c(F)c2)n1. The van der Waals surface area contributed by atoms with Gasteiger partial charge in [-0.1, -0.05) is 0 Å². The summed E-state index contributed by atoms with van der Waals surface area (Å²) >= 11 is 0. The first-order valence-corrected chi connectivity index (χ1v) is 5.70. The molecule has 0 amide bonds. The maximum atomic E-state index is 13.5. The Morgan fingerprint density at radius 3 is 2.58 bits per heavy atom. The summed E-state index contributed by atoms with van der Waals surface area (Å²) in [6.07, 6.45) is 1.69. The smallest absolute Gasteiger partial charge is 0.144 e. The molecule has 0 aliphatic heterocycles. The van der Waals surface area contributed by atoms with Crippen molar-refractivity contribution in [3.05, 3.63) is 41.6 Å². The summed E-state index contributed by atoms with van der Waals surface area (Å²) in [5.74, 6) is -1.78. The summed E-state index contributed by atoms with van der Waals surface area (Å²) < 4.78 is 28.6. The molecule has 4 nitrogen and oxygen atoms in total. The normalized spacial score (nSPS) is 12.2. The summed E-state index contributed by atoms with van der Waals surface area (Å²) in [5, 5.41) is 12.8. The Hall–Kier alpha value is -2.26. The van der Waals surface area contributed by atoms with Crippen molar-refractivity contribution in [3.63, 3.8) is 0 Å². The second kappa shape index (κ2) is 5.16. The monoisotopic (exact) mass is 262 g/mol. The van der Waals surface area contributed by atoms with Crippen molar-refractivity contribution < 1.29 is 8.78 Å². The molecular weight excluding hydrogens is 250 g/mol. The number of rotatable bonds is 3. The van der Waals surface area contributed by atoms with Gasteiger partial charge in [-0.3, -0.25) is 4.68 Å². The molecule has 0 aliphatic rings. The average molecular weight is 262 g/mol. The van der Waals surface area contributed by atoms with Crippen LogP contribution in [0.5, 0.6) is 0 Å². The van der Waals surface area contributed by atoms with Gasteiger partial charge in [0.25, 0.3) is 0 Å². The number of hydrogen-bond acceptors (Lipinski definition) is 3. The van der Waals surface area contributed by atoms with Crippen molar-refractivity contribution in [3.8, 4) is 17.3 Å². The maximum Gasteiger partial charge on any atom is 0.144 e. The number of aromatic nitrogens is 2. The van der Waals surface area contributed by atoms with Crippen LogP contribution in [0.3, 0.4) is 0 Å². The molecule has 0 aliphatic carbocycles. The molecule has 0 saturated heterocycles. The maximum absolute atomic E-state index is 13.5. The molecule has 2 N–H and O–H groups in total. The lowest BCUT2D eigenvalue weighted by Crippen LogP contribution is -2.22. The van der Waals surface area contributed by atoms with E-state index in [2.05, 4.69) is 5.10 Å². The molecule has 2 aromatic rings. The third-order valence-electron chi connectivity index (χ3n) is 2.57. The largest absolute Gasteiger partial charge is 0.326 e. The van der Waals surface area contributed by atoms with Crippen LogP contribution in [0.2, 0.25) is 0 Å². The highest BCUT2D eigenvalue weighted by Gasteiger charge is 2.13. The van der Waals surface area contributed by atoms with Gasteiger partial charge in [0.15, 0.2) is 0 Å². The van der Waals surface area contributed by atoms with Crippen molar-refractivity contribution in [2.45, 2.75) is 19.5 Å². The Morgan fingerprint density at radius 1 is 1.42 bits per heavy atom. The third-order valence-corrected chi connectivity index (χ3v) is 2.57. The van der Waals surface area contributed by atoms with Crippen LogP contribution in [-0.4, -0.2) is 15.8 Å². The molecular formula is C13H12F2N4. The molecule has 0 saturated carbocycles. The number of halogens is 2. The summed E-state index contributed by atoms with van der Waals surface area (Å²) in [6, 6.07) is 5.25. The van der Waals surface area contributed by atoms with Crippen LogP contribution in [-0.2, 0) is 6.54 Å². The van der Waals surface area contributed by atoms with Gasteiger partial charge in [-0.05, 0) is 25.1 Å². The van der Waals surface area contributed by atoms with E-state index in [0.29, 0.717) is 12.2 Å². The molecule has 1 aromatic heterocycles. The minimum absolute atomic E-state index is 0.0674. The van der Waals surface area contributed by atoms with Crippen molar-refractivity contribution in [2.75, 3.05) is 0 Å². The predicted octanol–water partition coefficient (Wildman–Crippen LogP) is 2.05. The highest BCUT2D eigenvalue weighted by molar-refractivity contribution is 5.60. The summed E-state index contributed by atoms with van der Waals surface area (Å²) in [4.78, 5) is 0. The lowest BCUT2D eigenvalue weighted by atomic mass is 10.1. The molecule has 0 spiro atoms. The summed E-state index contributed by atoms with van der Waals surface area (Å²) in [6.45, 7) is 2.35. The highest BCUT2D eigenvalue weighted by atomic mass is 19.1. The predicted molar refractivity (Wildman–Crippen MR) is 65.9 cm³/mol. The van der Waals surface area contributed by atoms with E-state index in [0.717, 1.165) is 12.1 Å². The van der Waals surface area contributed by atoms with Crippen LogP contribution in [0.1, 0.15) is 12.5 Å². The standard InChI is InChI=1S/C13H12F2N4/c1-8(17)7-19-3-2-13(18-19)9-4-11(14)10(6-16)12(15)5-9/h2-5,8H,7,17H2,1H3/t8-/m0/s1. The van der Waals surface area contributed by atoms with Crippen LogP contribution in [0.25, 0.3) is 11.3 Å². The molecule has 1 atom stereocenters. The van der Waals surface area contributed by atoms with Crippen LogP contribution in [0.4, 0.5) is 8.78 Å². The van der Waals surface area contributed by atoms with Crippen LogP contribution >= 0.6 is 0 Å². The highest BCUT2D eigenvalue weighted by Crippen LogP contribution is 2.22. The van der Waals surface area contributed by atoms with Crippen LogP contribution < -0.4 is 5.73 Å². The molecule has 0 radical (unpaired) electrons. The average Bonchev–Trinajstić information content (AvgIpc) is 2.76. The quantitative estimate of drug-likeness (QED) is 0.920. The number of nitriles is 1. The Bertz CT molecular complexity index is 617. The Kier molecular flexibility index (Phi) is 3.58. The van der Waals surface area contributed by atoms with Crippen LogP contribution in [0.15, 0.2) is 24.4 Å². The van der Waals surface area contributed by atoms with Crippen LogP contribution in [0, 0.1) is 23.0 Å². The topological polar surface area (TPSA) is 67.6 Å². The van der Waals surface area contributed by atoms with E-state index in [4.69, 9.17) is 11.0 Å². The van der Waals surface area contributed by atoms with Gasteiger partial charge in [-0.15, -0.1) is 0 Å². The Balaban J connectivity index is 2.37. The second-order valence-electron chi connectivity index (χ2n) is 4.33. The number of nitrogens with zero attached hydrogens (tertiary/aromatic N) is 3. The zero-order valence-electron chi connectivity index (χ0n) is 10.3. The minimum Gasteiger partial charge on any atom is -0.326 e. The van der Waals surface area contributed by atoms with E-state index in [9.17, 15) is 8.78 Å². The second-order valence-corrected chi connectivity index (χ2v) is 4.33. The molecule has 19 heavy (non-hydrogen) atoms. The van der Waals surface area contributed by atoms with Crippen molar-refractivity contribution in [1.82, 2.24) is 9.78 Å². The van der Waals surface area contributed by atoms with E-state index in [1.54, 1.807) is 16.9 Å². The molecule has 0 fully saturated rings. The van der Waals surface area contributed by atoms with Gasteiger partial charge in [0, 0.05) is 17.8 Å². The van der Waals surface area contributed by atoms with Gasteiger partial charge >= 0.3 is 0 Å². The first kappa shape index (κ1) is 13.2. The Labute approximate surface area is 109 Å². The van der Waals surface area contributed by atoms with E-state index >= 15 is 0 Å². The minimum atomic E-state index is -0.890. The van der Waals surface area contributed by atoms with Gasteiger partial charge < -0.3 is 5.73 Å². The van der Waals surface area contributed by atoms with Crippen molar-refractivity contribution in [2.24, 2.45) is 5.73 Å². The lowest BCUT2D eigenvalue weighted by Gasteiger charge is -2.04. The molecule has 1 aromatic carbocycles. The first-order chi connectivity index (χ1) is 9.01. The lowest BCUT2D eigenvalue weighted by molar-refractivity contribution is 0.539. The fourth-order valence-corrected chi connectivity index (χ4v) is 1.74. The number of hydrogen-bond donors (Lipinski definition) is 1. The molecule has 1 heterocycles. The molecule has 0 unspecified atom stereocenters. The van der Waals surface area contributed by atoms with E-state index < -0.39 is 17.2 Å². The van der Waals surface area contributed by atoms with Gasteiger partial charge in [0.2, 0.25) is 0 Å². The molecule has 98 valence electrons. The fraction of sp³-hybridized carbons (Fsp3) is 0.231. The van der Waals surface area contributed by atoms with Crippen molar-refractivity contribution >= 4 is 0 Å². The van der Waals surface area contributed by atoms with Gasteiger partial charge in [0.1, 0.15) is 23.3 Å². The van der Waals surface area contributed by atoms with Gasteiger partial charge in [-0.2, -0.15) is 10.4 Å². The fourth-order valence-electron chi connectivity index (χ4n) is 1.74. The first-order valence-electron chi connectivity index (χ1n) is 5.70. The van der Waals surface area contributed by atoms with Gasteiger partial charge in [0.05, 0.1) is 12.2 Å². The summed E-state index contributed by atoms with van der Waals surface area (Å²) in [7, 11) is 0. The molecule has 6 heteroatoms. The third kappa shape index (κ3) is 2.77. The van der Waals surface area contributed by atoms with E-state index in [1.165, 1.54) is 6.07 Å². The zero-order valence-corrected chi connectivity index (χ0v) is 10.3. The molecule has 2 rings (SSSR count).